The molecule has 1 N–H and O–H groups in total. The van der Waals surface area contributed by atoms with Crippen LogP contribution in [0.2, 0.25) is 5.15 Å². The second-order valence-electron chi connectivity index (χ2n) is 5.11. The summed E-state index contributed by atoms with van der Waals surface area (Å²) in [6.07, 6.45) is 2.69. The van der Waals surface area contributed by atoms with Crippen molar-refractivity contribution in [1.82, 2.24) is 14.9 Å². The summed E-state index contributed by atoms with van der Waals surface area (Å²) in [4.78, 5) is 16.5. The number of rotatable bonds is 1. The molecule has 5 nitrogen and oxygen atoms in total. The molecule has 22 heavy (non-hydrogen) atoms. The Hall–Kier alpha value is -2.47. The normalized spacial score (nSPS) is 12.8. The van der Waals surface area contributed by atoms with Crippen molar-refractivity contribution in [3.05, 3.63) is 69.1 Å². The van der Waals surface area contributed by atoms with Crippen molar-refractivity contribution in [2.75, 3.05) is 0 Å². The molecular weight excluding hydrogens is 307 g/mol. The molecular formula is C15H11ClFN4O+. The van der Waals surface area contributed by atoms with Gasteiger partial charge in [-0.25, -0.2) is 14.2 Å². The van der Waals surface area contributed by atoms with Gasteiger partial charge >= 0.3 is 5.56 Å². The maximum atomic E-state index is 14.2. The fourth-order valence-electron chi connectivity index (χ4n) is 2.77. The van der Waals surface area contributed by atoms with Crippen molar-refractivity contribution < 1.29 is 9.07 Å². The number of para-hydroxylation sites is 1. The third kappa shape index (κ3) is 1.88. The molecule has 0 spiro atoms. The van der Waals surface area contributed by atoms with E-state index in [1.54, 1.807) is 18.2 Å². The quantitative estimate of drug-likeness (QED) is 0.549. The first-order valence-corrected chi connectivity index (χ1v) is 7.18. The van der Waals surface area contributed by atoms with E-state index in [2.05, 4.69) is 10.2 Å². The number of H-pyrrole nitrogens is 1. The first-order chi connectivity index (χ1) is 10.6. The molecule has 1 aliphatic rings. The maximum Gasteiger partial charge on any atom is 0.402 e. The van der Waals surface area contributed by atoms with E-state index in [9.17, 15) is 9.18 Å². The van der Waals surface area contributed by atoms with E-state index in [1.165, 1.54) is 21.6 Å². The highest BCUT2D eigenvalue weighted by Gasteiger charge is 2.31. The third-order valence-electron chi connectivity index (χ3n) is 3.81. The van der Waals surface area contributed by atoms with E-state index in [4.69, 9.17) is 11.6 Å². The Labute approximate surface area is 129 Å². The highest BCUT2D eigenvalue weighted by molar-refractivity contribution is 6.29. The molecule has 0 saturated heterocycles. The van der Waals surface area contributed by atoms with E-state index < -0.39 is 0 Å². The maximum absolute atomic E-state index is 14.2. The molecule has 0 amide bonds. The van der Waals surface area contributed by atoms with Crippen LogP contribution in [0.25, 0.3) is 11.4 Å². The predicted molar refractivity (Wildman–Crippen MR) is 78.1 cm³/mol. The fourth-order valence-corrected chi connectivity index (χ4v) is 2.89. The monoisotopic (exact) mass is 317 g/mol. The van der Waals surface area contributed by atoms with E-state index in [-0.39, 0.29) is 11.4 Å². The summed E-state index contributed by atoms with van der Waals surface area (Å²) in [5, 5.41) is 3.28. The van der Waals surface area contributed by atoms with Crippen molar-refractivity contribution in [1.29, 1.82) is 0 Å². The molecule has 0 unspecified atom stereocenters. The molecule has 3 heterocycles. The number of pyridine rings is 1. The van der Waals surface area contributed by atoms with E-state index >= 15 is 0 Å². The number of aryl methyl sites for hydroxylation is 1. The lowest BCUT2D eigenvalue weighted by Gasteiger charge is -2.11. The molecule has 1 aromatic carbocycles. The van der Waals surface area contributed by atoms with Crippen LogP contribution in [-0.2, 0) is 12.8 Å². The van der Waals surface area contributed by atoms with Crippen molar-refractivity contribution in [3.63, 3.8) is 0 Å². The van der Waals surface area contributed by atoms with Gasteiger partial charge in [0.15, 0.2) is 17.2 Å². The lowest BCUT2D eigenvalue weighted by molar-refractivity contribution is -0.672. The summed E-state index contributed by atoms with van der Waals surface area (Å²) in [6.45, 7) is 0. The number of halogens is 2. The van der Waals surface area contributed by atoms with Crippen LogP contribution in [-0.4, -0.2) is 14.9 Å². The number of nitrogens with zero attached hydrogens (tertiary/aromatic N) is 3. The van der Waals surface area contributed by atoms with Gasteiger partial charge in [-0.05, 0) is 24.6 Å². The SMILES string of the molecule is O=c1c2[n+]([nH]n1-c1ccc(Cl)nc1)-c1c(F)cccc1CC2. The summed E-state index contributed by atoms with van der Waals surface area (Å²) in [5.74, 6) is -0.355. The molecule has 1 aliphatic heterocycles. The van der Waals surface area contributed by atoms with Crippen LogP contribution in [0.4, 0.5) is 4.39 Å². The summed E-state index contributed by atoms with van der Waals surface area (Å²) >= 11 is 5.76. The first kappa shape index (κ1) is 13.2. The van der Waals surface area contributed by atoms with Gasteiger partial charge in [-0.3, -0.25) is 0 Å². The number of fused-ring (bicyclic) bond motifs is 3. The second-order valence-corrected chi connectivity index (χ2v) is 5.50. The van der Waals surface area contributed by atoms with Crippen LogP contribution >= 0.6 is 11.6 Å². The molecule has 0 bridgehead atoms. The van der Waals surface area contributed by atoms with Gasteiger partial charge in [-0.1, -0.05) is 33.6 Å². The van der Waals surface area contributed by atoms with Gasteiger partial charge in [-0.15, -0.1) is 4.68 Å². The molecule has 4 rings (SSSR count). The largest absolute Gasteiger partial charge is 0.402 e. The Balaban J connectivity index is 1.95. The summed E-state index contributed by atoms with van der Waals surface area (Å²) in [7, 11) is 0. The standard InChI is InChI=1S/C15H10ClFN4O/c16-13-7-5-10(8-18-13)20-15(22)12-6-4-9-2-1-3-11(17)14(9)21(12)19-20/h1-3,5,7-8H,4,6H2/p+1. The summed E-state index contributed by atoms with van der Waals surface area (Å²) < 4.78 is 17.0. The van der Waals surface area contributed by atoms with E-state index in [1.807, 2.05) is 6.07 Å². The Morgan fingerprint density at radius 2 is 2.14 bits per heavy atom. The lowest BCUT2D eigenvalue weighted by Crippen LogP contribution is -2.43. The minimum atomic E-state index is -0.355. The van der Waals surface area contributed by atoms with Gasteiger partial charge in [0.2, 0.25) is 5.69 Å². The number of nitrogens with one attached hydrogen (secondary N) is 1. The van der Waals surface area contributed by atoms with Crippen LogP contribution < -0.4 is 10.2 Å². The molecule has 0 saturated carbocycles. The van der Waals surface area contributed by atoms with Crippen molar-refractivity contribution in [3.8, 4) is 11.4 Å². The van der Waals surface area contributed by atoms with Gasteiger partial charge in [0.1, 0.15) is 5.15 Å². The van der Waals surface area contributed by atoms with Crippen molar-refractivity contribution in [2.24, 2.45) is 0 Å². The first-order valence-electron chi connectivity index (χ1n) is 6.81. The minimum absolute atomic E-state index is 0.210. The van der Waals surface area contributed by atoms with Crippen LogP contribution in [0.1, 0.15) is 11.3 Å². The molecule has 3 aromatic rings. The fraction of sp³-hybridized carbons (Fsp3) is 0.133. The van der Waals surface area contributed by atoms with Gasteiger partial charge in [0, 0.05) is 12.0 Å². The van der Waals surface area contributed by atoms with Crippen LogP contribution in [0.5, 0.6) is 0 Å². The average molecular weight is 318 g/mol. The molecule has 7 heteroatoms. The third-order valence-corrected chi connectivity index (χ3v) is 4.04. The topological polar surface area (TPSA) is 54.6 Å². The zero-order chi connectivity index (χ0) is 15.3. The van der Waals surface area contributed by atoms with E-state index in [0.717, 1.165) is 5.56 Å². The zero-order valence-electron chi connectivity index (χ0n) is 11.4. The molecule has 0 aliphatic carbocycles. The van der Waals surface area contributed by atoms with Crippen LogP contribution in [0, 0.1) is 5.82 Å². The number of aromatic nitrogens is 4. The van der Waals surface area contributed by atoms with Crippen LogP contribution in [0.15, 0.2) is 41.3 Å². The second kappa shape index (κ2) is 4.78. The minimum Gasteiger partial charge on any atom is -0.240 e. The molecule has 0 fully saturated rings. The number of hydrogen-bond donors (Lipinski definition) is 1. The lowest BCUT2D eigenvalue weighted by atomic mass is 10.0. The van der Waals surface area contributed by atoms with Gasteiger partial charge in [-0.2, -0.15) is 0 Å². The van der Waals surface area contributed by atoms with Gasteiger partial charge in [0.05, 0.1) is 6.20 Å². The highest BCUT2D eigenvalue weighted by Crippen LogP contribution is 2.19. The van der Waals surface area contributed by atoms with Crippen LogP contribution in [0.3, 0.4) is 0 Å². The smallest absolute Gasteiger partial charge is 0.240 e. The number of aromatic amines is 1. The zero-order valence-corrected chi connectivity index (χ0v) is 12.1. The Morgan fingerprint density at radius 1 is 1.27 bits per heavy atom. The Bertz CT molecular complexity index is 930. The summed E-state index contributed by atoms with van der Waals surface area (Å²) in [5.41, 5.74) is 2.14. The number of benzene rings is 1. The van der Waals surface area contributed by atoms with E-state index in [0.29, 0.717) is 35.1 Å². The molecule has 0 atom stereocenters. The van der Waals surface area contributed by atoms with Crippen molar-refractivity contribution >= 4 is 11.6 Å². The van der Waals surface area contributed by atoms with Gasteiger partial charge in [0.25, 0.3) is 0 Å². The Kier molecular flexibility index (Phi) is 2.87. The number of hydrogen-bond acceptors (Lipinski definition) is 2. The van der Waals surface area contributed by atoms with Crippen molar-refractivity contribution in [2.45, 2.75) is 12.8 Å². The molecule has 0 radical (unpaired) electrons. The average Bonchev–Trinajstić information content (AvgIpc) is 2.85. The predicted octanol–water partition coefficient (Wildman–Crippen LogP) is 1.73. The molecule has 110 valence electrons. The Morgan fingerprint density at radius 3 is 2.91 bits per heavy atom. The highest BCUT2D eigenvalue weighted by atomic mass is 35.5. The van der Waals surface area contributed by atoms with Gasteiger partial charge < -0.3 is 0 Å². The summed E-state index contributed by atoms with van der Waals surface area (Å²) in [6, 6.07) is 8.22. The molecule has 2 aromatic heterocycles.